The molecule has 3 aromatic carbocycles. The molecule has 0 bridgehead atoms. The molecule has 1 saturated carbocycles. The molecule has 4 rings (SSSR count). The number of nitrogens with one attached hydrogen (secondary N) is 1. The first-order valence-corrected chi connectivity index (χ1v) is 15.4. The number of hydrogen-bond acceptors (Lipinski definition) is 3. The van der Waals surface area contributed by atoms with Crippen molar-refractivity contribution in [2.75, 3.05) is 5.75 Å². The van der Waals surface area contributed by atoms with Crippen LogP contribution in [-0.4, -0.2) is 34.6 Å². The van der Waals surface area contributed by atoms with Gasteiger partial charge in [-0.15, -0.1) is 11.8 Å². The second-order valence-electron chi connectivity index (χ2n) is 10.2. The minimum atomic E-state index is -0.655. The Hall–Kier alpha value is -2.47. The summed E-state index contributed by atoms with van der Waals surface area (Å²) in [6.45, 7) is 2.29. The maximum atomic E-state index is 13.9. The van der Waals surface area contributed by atoms with Crippen LogP contribution in [0.1, 0.15) is 55.2 Å². The normalized spacial score (nSPS) is 14.5. The van der Waals surface area contributed by atoms with Gasteiger partial charge in [0, 0.05) is 46.1 Å². The third-order valence-corrected chi connectivity index (χ3v) is 8.78. The summed E-state index contributed by atoms with van der Waals surface area (Å²) in [7, 11) is 0. The van der Waals surface area contributed by atoms with Gasteiger partial charge in [-0.1, -0.05) is 96.6 Å². The zero-order chi connectivity index (χ0) is 27.6. The van der Waals surface area contributed by atoms with E-state index in [0.29, 0.717) is 28.6 Å². The van der Waals surface area contributed by atoms with Gasteiger partial charge < -0.3 is 10.2 Å². The minimum Gasteiger partial charge on any atom is -0.352 e. The molecule has 0 aromatic heterocycles. The predicted molar refractivity (Wildman–Crippen MR) is 162 cm³/mol. The summed E-state index contributed by atoms with van der Waals surface area (Å²) in [5.41, 5.74) is 2.98. The van der Waals surface area contributed by atoms with Gasteiger partial charge in [0.2, 0.25) is 11.8 Å². The molecule has 1 N–H and O–H groups in total. The molecule has 1 atom stereocenters. The molecule has 1 aliphatic rings. The lowest BCUT2D eigenvalue weighted by Crippen LogP contribution is -2.53. The van der Waals surface area contributed by atoms with Crippen LogP contribution in [-0.2, 0) is 22.6 Å². The van der Waals surface area contributed by atoms with Crippen LogP contribution < -0.4 is 5.32 Å². The smallest absolute Gasteiger partial charge is 0.243 e. The number of halogens is 2. The van der Waals surface area contributed by atoms with Gasteiger partial charge in [0.05, 0.1) is 0 Å². The van der Waals surface area contributed by atoms with Gasteiger partial charge in [0.15, 0.2) is 0 Å². The highest BCUT2D eigenvalue weighted by molar-refractivity contribution is 7.99. The van der Waals surface area contributed by atoms with Crippen molar-refractivity contribution in [2.45, 2.75) is 75.4 Å². The van der Waals surface area contributed by atoms with E-state index in [4.69, 9.17) is 23.2 Å². The molecule has 4 nitrogen and oxygen atoms in total. The molecule has 2 amide bonds. The van der Waals surface area contributed by atoms with E-state index in [1.165, 1.54) is 12.0 Å². The number of rotatable bonds is 11. The summed E-state index contributed by atoms with van der Waals surface area (Å²) in [6, 6.07) is 23.0. The van der Waals surface area contributed by atoms with Crippen molar-refractivity contribution in [1.29, 1.82) is 0 Å². The van der Waals surface area contributed by atoms with E-state index < -0.39 is 6.04 Å². The Morgan fingerprint density at radius 2 is 1.69 bits per heavy atom. The van der Waals surface area contributed by atoms with Crippen molar-refractivity contribution in [3.05, 3.63) is 99.5 Å². The second kappa shape index (κ2) is 14.8. The monoisotopic (exact) mass is 582 g/mol. The molecular weight excluding hydrogens is 547 g/mol. The number of hydrogen-bond donors (Lipinski definition) is 1. The Kier molecular flexibility index (Phi) is 11.2. The molecule has 39 heavy (non-hydrogen) atoms. The van der Waals surface area contributed by atoms with Crippen LogP contribution >= 0.6 is 35.0 Å². The summed E-state index contributed by atoms with van der Waals surface area (Å²) in [4.78, 5) is 30.6. The third-order valence-electron chi connectivity index (χ3n) is 7.18. The largest absolute Gasteiger partial charge is 0.352 e. The molecular formula is C32H36Cl2N2O2S. The van der Waals surface area contributed by atoms with Crippen LogP contribution in [0.5, 0.6) is 0 Å². The lowest BCUT2D eigenvalue weighted by molar-refractivity contribution is -0.141. The van der Waals surface area contributed by atoms with Crippen LogP contribution in [0.25, 0.3) is 0 Å². The van der Waals surface area contributed by atoms with Crippen LogP contribution in [0.15, 0.2) is 77.7 Å². The fraction of sp³-hybridized carbons (Fsp3) is 0.375. The van der Waals surface area contributed by atoms with Crippen molar-refractivity contribution in [1.82, 2.24) is 10.2 Å². The predicted octanol–water partition coefficient (Wildman–Crippen LogP) is 7.87. The topological polar surface area (TPSA) is 49.4 Å². The summed E-state index contributed by atoms with van der Waals surface area (Å²) < 4.78 is 0. The minimum absolute atomic E-state index is 0.0691. The molecule has 206 valence electrons. The van der Waals surface area contributed by atoms with E-state index in [1.807, 2.05) is 36.4 Å². The number of nitrogens with zero attached hydrogens (tertiary/aromatic N) is 1. The summed E-state index contributed by atoms with van der Waals surface area (Å²) in [6.07, 6.45) is 6.15. The van der Waals surface area contributed by atoms with Crippen molar-refractivity contribution in [3.8, 4) is 0 Å². The van der Waals surface area contributed by atoms with Gasteiger partial charge in [0.1, 0.15) is 6.04 Å². The Balaban J connectivity index is 1.58. The molecule has 3 aromatic rings. The van der Waals surface area contributed by atoms with E-state index in [1.54, 1.807) is 28.8 Å². The Bertz CT molecular complexity index is 1230. The number of carbonyl (C=O) groups excluding carboxylic acids is 2. The lowest BCUT2D eigenvalue weighted by atomic mass is 9.94. The molecule has 1 aliphatic carbocycles. The molecule has 1 fully saturated rings. The number of aryl methyl sites for hydroxylation is 1. The Morgan fingerprint density at radius 3 is 2.38 bits per heavy atom. The number of carbonyl (C=O) groups is 2. The van der Waals surface area contributed by atoms with Gasteiger partial charge in [-0.3, -0.25) is 9.59 Å². The zero-order valence-corrected chi connectivity index (χ0v) is 24.7. The molecule has 1 unspecified atom stereocenters. The summed E-state index contributed by atoms with van der Waals surface area (Å²) >= 11 is 14.3. The highest BCUT2D eigenvalue weighted by Crippen LogP contribution is 2.26. The maximum Gasteiger partial charge on any atom is 0.243 e. The zero-order valence-electron chi connectivity index (χ0n) is 22.4. The first kappa shape index (κ1) is 29.5. The van der Waals surface area contributed by atoms with Gasteiger partial charge in [-0.05, 0) is 55.2 Å². The fourth-order valence-corrected chi connectivity index (χ4v) is 6.28. The molecule has 0 aliphatic heterocycles. The van der Waals surface area contributed by atoms with Gasteiger partial charge in [-0.2, -0.15) is 0 Å². The number of amides is 2. The second-order valence-corrected chi connectivity index (χ2v) is 12.2. The molecule has 7 heteroatoms. The fourth-order valence-electron chi connectivity index (χ4n) is 4.97. The third kappa shape index (κ3) is 9.02. The van der Waals surface area contributed by atoms with E-state index >= 15 is 0 Å². The first-order chi connectivity index (χ1) is 18.9. The molecule has 0 radical (unpaired) electrons. The van der Waals surface area contributed by atoms with Crippen LogP contribution in [0, 0.1) is 6.92 Å². The molecule has 0 spiro atoms. The SMILES string of the molecule is Cc1ccc(SCCC(=O)N(Cc2ccc(Cl)cc2Cl)C(Cc2ccccc2)C(=O)NC2CCCCC2)cc1. The molecule has 0 saturated heterocycles. The Labute approximate surface area is 246 Å². The van der Waals surface area contributed by atoms with Crippen molar-refractivity contribution >= 4 is 46.8 Å². The lowest BCUT2D eigenvalue weighted by Gasteiger charge is -2.33. The van der Waals surface area contributed by atoms with Gasteiger partial charge in [0.25, 0.3) is 0 Å². The highest BCUT2D eigenvalue weighted by atomic mass is 35.5. The molecule has 0 heterocycles. The van der Waals surface area contributed by atoms with Crippen LogP contribution in [0.3, 0.4) is 0 Å². The van der Waals surface area contributed by atoms with E-state index in [2.05, 4.69) is 36.5 Å². The van der Waals surface area contributed by atoms with Crippen molar-refractivity contribution in [2.24, 2.45) is 0 Å². The summed E-state index contributed by atoms with van der Waals surface area (Å²) in [5.74, 6) is 0.449. The van der Waals surface area contributed by atoms with E-state index in [9.17, 15) is 9.59 Å². The maximum absolute atomic E-state index is 13.9. The standard InChI is InChI=1S/C32H36Cl2N2O2S/c1-23-12-16-28(17-13-23)39-19-18-31(37)36(22-25-14-15-26(33)21-29(25)34)30(20-24-8-4-2-5-9-24)32(38)35-27-10-6-3-7-11-27/h2,4-5,8-9,12-17,21,27,30H,3,6-7,10-11,18-20,22H2,1H3,(H,35,38). The average molecular weight is 584 g/mol. The number of thioether (sulfide) groups is 1. The van der Waals surface area contributed by atoms with Gasteiger partial charge in [-0.25, -0.2) is 0 Å². The summed E-state index contributed by atoms with van der Waals surface area (Å²) in [5, 5.41) is 4.30. The van der Waals surface area contributed by atoms with E-state index in [-0.39, 0.29) is 24.4 Å². The van der Waals surface area contributed by atoms with E-state index in [0.717, 1.165) is 41.7 Å². The van der Waals surface area contributed by atoms with Gasteiger partial charge >= 0.3 is 0 Å². The van der Waals surface area contributed by atoms with Crippen molar-refractivity contribution < 1.29 is 9.59 Å². The number of benzene rings is 3. The average Bonchev–Trinajstić information content (AvgIpc) is 2.94. The van der Waals surface area contributed by atoms with Crippen LogP contribution in [0.4, 0.5) is 0 Å². The van der Waals surface area contributed by atoms with Crippen LogP contribution in [0.2, 0.25) is 10.0 Å². The first-order valence-electron chi connectivity index (χ1n) is 13.7. The Morgan fingerprint density at radius 1 is 0.974 bits per heavy atom. The quantitative estimate of drug-likeness (QED) is 0.234. The van der Waals surface area contributed by atoms with Crippen molar-refractivity contribution in [3.63, 3.8) is 0 Å². The highest BCUT2D eigenvalue weighted by Gasteiger charge is 2.32.